The van der Waals surface area contributed by atoms with Crippen LogP contribution in [0, 0.1) is 0 Å². The maximum absolute atomic E-state index is 13.0. The molecule has 2 N–H and O–H groups in total. The summed E-state index contributed by atoms with van der Waals surface area (Å²) in [5.74, 6) is -1.45. The second-order valence-corrected chi connectivity index (χ2v) is 4.75. The first-order valence-electron chi connectivity index (χ1n) is 4.24. The van der Waals surface area contributed by atoms with Crippen LogP contribution in [0.5, 0.6) is 0 Å². The van der Waals surface area contributed by atoms with Crippen LogP contribution in [0.25, 0.3) is 0 Å². The van der Waals surface area contributed by atoms with Crippen molar-refractivity contribution in [2.24, 2.45) is 5.73 Å². The van der Waals surface area contributed by atoms with Crippen molar-refractivity contribution in [1.29, 1.82) is 0 Å². The van der Waals surface area contributed by atoms with E-state index >= 15 is 0 Å². The molecule has 0 fully saturated rings. The fraction of sp³-hybridized carbons (Fsp3) is 0.222. The molecule has 0 radical (unpaired) electrons. The average Bonchev–Trinajstić information content (AvgIpc) is 2.18. The highest BCUT2D eigenvalue weighted by Gasteiger charge is 2.17. The Kier molecular flexibility index (Phi) is 9.23. The van der Waals surface area contributed by atoms with Gasteiger partial charge in [-0.15, -0.1) is 24.8 Å². The molecule has 0 atom stereocenters. The molecule has 8 heteroatoms. The Morgan fingerprint density at radius 2 is 2.06 bits per heavy atom. The van der Waals surface area contributed by atoms with E-state index in [1.165, 1.54) is 18.3 Å². The Bertz CT molecular complexity index is 451. The Labute approximate surface area is 112 Å². The molecule has 98 valence electrons. The minimum absolute atomic E-state index is 0. The van der Waals surface area contributed by atoms with Crippen molar-refractivity contribution in [2.75, 3.05) is 12.3 Å². The van der Waals surface area contributed by atoms with Crippen LogP contribution in [0.15, 0.2) is 41.3 Å². The predicted molar refractivity (Wildman–Crippen MR) is 69.0 cm³/mol. The van der Waals surface area contributed by atoms with E-state index in [0.717, 1.165) is 6.08 Å². The zero-order chi connectivity index (χ0) is 11.3. The summed E-state index contributed by atoms with van der Waals surface area (Å²) in [6, 6.07) is 4.45. The molecule has 17 heavy (non-hydrogen) atoms. The van der Waals surface area contributed by atoms with E-state index in [0.29, 0.717) is 0 Å². The van der Waals surface area contributed by atoms with Crippen molar-refractivity contribution in [2.45, 2.75) is 5.03 Å². The molecule has 0 bridgehead atoms. The minimum Gasteiger partial charge on any atom is -0.327 e. The van der Waals surface area contributed by atoms with Gasteiger partial charge in [0.2, 0.25) is 9.84 Å². The summed E-state index contributed by atoms with van der Waals surface area (Å²) in [5, 5.41) is -0.134. The van der Waals surface area contributed by atoms with Gasteiger partial charge in [-0.05, 0) is 18.2 Å². The molecule has 0 saturated carbocycles. The molecule has 1 aromatic rings. The molecule has 0 aliphatic carbocycles. The van der Waals surface area contributed by atoms with Gasteiger partial charge in [0.15, 0.2) is 5.03 Å². The predicted octanol–water partition coefficient (Wildman–Crippen LogP) is 1.51. The summed E-state index contributed by atoms with van der Waals surface area (Å²) in [6.07, 6.45) is 2.37. The van der Waals surface area contributed by atoms with Crippen LogP contribution in [-0.4, -0.2) is 25.7 Å². The minimum atomic E-state index is -3.69. The Morgan fingerprint density at radius 1 is 1.41 bits per heavy atom. The Hall–Kier alpha value is -0.690. The zero-order valence-corrected chi connectivity index (χ0v) is 11.2. The molecule has 1 aromatic heterocycles. The Morgan fingerprint density at radius 3 is 2.53 bits per heavy atom. The third-order valence-electron chi connectivity index (χ3n) is 1.62. The summed E-state index contributed by atoms with van der Waals surface area (Å²) >= 11 is 0. The largest absolute Gasteiger partial charge is 0.327 e. The monoisotopic (exact) mass is 302 g/mol. The third kappa shape index (κ3) is 5.97. The lowest BCUT2D eigenvalue weighted by Crippen LogP contribution is -2.10. The highest BCUT2D eigenvalue weighted by Crippen LogP contribution is 2.11. The van der Waals surface area contributed by atoms with Gasteiger partial charge in [-0.1, -0.05) is 6.07 Å². The number of halogens is 3. The first kappa shape index (κ1) is 18.7. The van der Waals surface area contributed by atoms with Crippen molar-refractivity contribution in [1.82, 2.24) is 4.98 Å². The summed E-state index contributed by atoms with van der Waals surface area (Å²) in [6.45, 7) is -0.0242. The van der Waals surface area contributed by atoms with Gasteiger partial charge in [0, 0.05) is 12.7 Å². The molecular formula is C9H13Cl2FN2O2S. The zero-order valence-electron chi connectivity index (χ0n) is 8.74. The van der Waals surface area contributed by atoms with Gasteiger partial charge < -0.3 is 5.73 Å². The normalized spacial score (nSPS) is 11.3. The molecule has 0 aliphatic heterocycles. The number of rotatable bonds is 4. The molecular weight excluding hydrogens is 290 g/mol. The number of aromatic nitrogens is 1. The van der Waals surface area contributed by atoms with Gasteiger partial charge in [-0.3, -0.25) is 0 Å². The molecule has 4 nitrogen and oxygen atoms in total. The molecule has 0 spiro atoms. The second-order valence-electron chi connectivity index (χ2n) is 2.81. The van der Waals surface area contributed by atoms with E-state index in [9.17, 15) is 12.8 Å². The van der Waals surface area contributed by atoms with Gasteiger partial charge in [0.1, 0.15) is 11.6 Å². The lowest BCUT2D eigenvalue weighted by atomic mass is 10.5. The first-order chi connectivity index (χ1) is 7.06. The second kappa shape index (κ2) is 8.41. The van der Waals surface area contributed by atoms with E-state index in [1.54, 1.807) is 6.07 Å². The summed E-state index contributed by atoms with van der Waals surface area (Å²) in [5.41, 5.74) is 5.06. The molecule has 1 heterocycles. The van der Waals surface area contributed by atoms with E-state index in [1.807, 2.05) is 0 Å². The topological polar surface area (TPSA) is 73.1 Å². The lowest BCUT2D eigenvalue weighted by Gasteiger charge is -2.00. The molecule has 0 saturated heterocycles. The van der Waals surface area contributed by atoms with Gasteiger partial charge in [-0.25, -0.2) is 17.8 Å². The van der Waals surface area contributed by atoms with Crippen molar-refractivity contribution in [3.8, 4) is 0 Å². The van der Waals surface area contributed by atoms with Crippen molar-refractivity contribution >= 4 is 34.7 Å². The van der Waals surface area contributed by atoms with Gasteiger partial charge in [0.25, 0.3) is 0 Å². The fourth-order valence-electron chi connectivity index (χ4n) is 0.973. The Balaban J connectivity index is 0. The lowest BCUT2D eigenvalue weighted by molar-refractivity contribution is 0.580. The van der Waals surface area contributed by atoms with E-state index < -0.39 is 21.4 Å². The van der Waals surface area contributed by atoms with Gasteiger partial charge >= 0.3 is 0 Å². The first-order valence-corrected chi connectivity index (χ1v) is 5.90. The number of hydrogen-bond donors (Lipinski definition) is 1. The van der Waals surface area contributed by atoms with Crippen LogP contribution in [0.1, 0.15) is 0 Å². The van der Waals surface area contributed by atoms with Crippen molar-refractivity contribution in [3.05, 3.63) is 36.3 Å². The van der Waals surface area contributed by atoms with Gasteiger partial charge in [-0.2, -0.15) is 0 Å². The van der Waals surface area contributed by atoms with Crippen LogP contribution in [0.2, 0.25) is 0 Å². The van der Waals surface area contributed by atoms with Crippen LogP contribution in [0.3, 0.4) is 0 Å². The average molecular weight is 303 g/mol. The number of pyridine rings is 1. The van der Waals surface area contributed by atoms with Gasteiger partial charge in [0.05, 0.1) is 0 Å². The van der Waals surface area contributed by atoms with Crippen LogP contribution in [0.4, 0.5) is 4.39 Å². The van der Waals surface area contributed by atoms with Crippen LogP contribution >= 0.6 is 24.8 Å². The van der Waals surface area contributed by atoms with E-state index in [4.69, 9.17) is 5.73 Å². The SMILES string of the molecule is Cl.Cl.NC/C=C(\F)CS(=O)(=O)c1ccccn1. The van der Waals surface area contributed by atoms with Crippen LogP contribution < -0.4 is 5.73 Å². The summed E-state index contributed by atoms with van der Waals surface area (Å²) < 4.78 is 36.0. The fourth-order valence-corrected chi connectivity index (χ4v) is 2.11. The molecule has 0 unspecified atom stereocenters. The summed E-state index contributed by atoms with van der Waals surface area (Å²) in [4.78, 5) is 3.65. The maximum atomic E-state index is 13.0. The van der Waals surface area contributed by atoms with Crippen molar-refractivity contribution < 1.29 is 12.8 Å². The standard InChI is InChI=1S/C9H11FN2O2S.2ClH/c10-8(4-5-11)7-15(13,14)9-3-1-2-6-12-9;;/h1-4,6H,5,7,11H2;2*1H/b8-4-;;. The van der Waals surface area contributed by atoms with Crippen LogP contribution in [-0.2, 0) is 9.84 Å². The summed E-state index contributed by atoms with van der Waals surface area (Å²) in [7, 11) is -3.69. The molecule has 1 rings (SSSR count). The molecule has 0 aliphatic rings. The maximum Gasteiger partial charge on any atom is 0.202 e. The van der Waals surface area contributed by atoms with E-state index in [-0.39, 0.29) is 36.4 Å². The molecule has 0 aromatic carbocycles. The smallest absolute Gasteiger partial charge is 0.202 e. The number of sulfone groups is 1. The highest BCUT2D eigenvalue weighted by atomic mass is 35.5. The van der Waals surface area contributed by atoms with E-state index in [2.05, 4.69) is 4.98 Å². The number of hydrogen-bond acceptors (Lipinski definition) is 4. The number of nitrogens with two attached hydrogens (primary N) is 1. The number of nitrogens with zero attached hydrogens (tertiary/aromatic N) is 1. The molecule has 0 amide bonds. The highest BCUT2D eigenvalue weighted by molar-refractivity contribution is 7.91. The van der Waals surface area contributed by atoms with Crippen molar-refractivity contribution in [3.63, 3.8) is 0 Å². The third-order valence-corrected chi connectivity index (χ3v) is 3.16. The quantitative estimate of drug-likeness (QED) is 0.915.